The highest BCUT2D eigenvalue weighted by Crippen LogP contribution is 2.26. The number of anilines is 1. The normalized spacial score (nSPS) is 14.0. The molecule has 1 amide bonds. The van der Waals surface area contributed by atoms with Gasteiger partial charge in [0, 0.05) is 43.9 Å². The van der Waals surface area contributed by atoms with Gasteiger partial charge in [-0.3, -0.25) is 0 Å². The number of nitrogens with zero attached hydrogens (tertiary/aromatic N) is 2. The van der Waals surface area contributed by atoms with Crippen LogP contribution in [-0.2, 0) is 22.6 Å². The molecule has 0 aliphatic carbocycles. The van der Waals surface area contributed by atoms with Crippen molar-refractivity contribution in [1.82, 2.24) is 4.90 Å². The summed E-state index contributed by atoms with van der Waals surface area (Å²) >= 11 is 0. The topological polar surface area (TPSA) is 59.1 Å². The van der Waals surface area contributed by atoms with Crippen LogP contribution >= 0.6 is 0 Å². The Labute approximate surface area is 159 Å². The number of hydrogen-bond donors (Lipinski definition) is 0. The number of amides is 1. The Balaban J connectivity index is 1.54. The van der Waals surface area contributed by atoms with E-state index in [2.05, 4.69) is 4.90 Å². The van der Waals surface area contributed by atoms with E-state index in [1.165, 1.54) is 0 Å². The summed E-state index contributed by atoms with van der Waals surface area (Å²) in [6.07, 6.45) is 0.917. The van der Waals surface area contributed by atoms with Crippen LogP contribution in [0.4, 0.5) is 10.5 Å². The van der Waals surface area contributed by atoms with Gasteiger partial charge in [-0.1, -0.05) is 30.3 Å². The number of carbonyl (C=O) groups is 2. The number of ether oxygens (including phenoxy) is 2. The molecule has 1 fully saturated rings. The highest BCUT2D eigenvalue weighted by molar-refractivity contribution is 5.68. The van der Waals surface area contributed by atoms with E-state index in [1.807, 2.05) is 48.5 Å². The third kappa shape index (κ3) is 4.78. The molecule has 2 aromatic rings. The molecule has 1 heterocycles. The van der Waals surface area contributed by atoms with Crippen LogP contribution in [0.5, 0.6) is 5.75 Å². The molecular weight excluding hydrogens is 344 g/mol. The second-order valence-corrected chi connectivity index (χ2v) is 6.38. The van der Waals surface area contributed by atoms with E-state index in [0.29, 0.717) is 38.3 Å². The standard InChI is InChI=1S/C21H24N2O4/c1-26-20-8-7-19(15-18(20)9-14-24)22-10-12-23(13-11-22)21(25)27-16-17-5-3-2-4-6-17/h2-8,14-15H,9-13,16H2,1H3. The van der Waals surface area contributed by atoms with Gasteiger partial charge in [-0.2, -0.15) is 0 Å². The van der Waals surface area contributed by atoms with Gasteiger partial charge in [-0.05, 0) is 23.8 Å². The molecule has 0 atom stereocenters. The molecular formula is C21H24N2O4. The lowest BCUT2D eigenvalue weighted by atomic mass is 10.1. The Bertz CT molecular complexity index is 771. The van der Waals surface area contributed by atoms with Crippen molar-refractivity contribution >= 4 is 18.1 Å². The Morgan fingerprint density at radius 1 is 1.07 bits per heavy atom. The summed E-state index contributed by atoms with van der Waals surface area (Å²) < 4.78 is 10.7. The number of piperazine rings is 1. The molecule has 27 heavy (non-hydrogen) atoms. The molecule has 0 aromatic heterocycles. The third-order valence-corrected chi connectivity index (χ3v) is 4.68. The molecule has 0 spiro atoms. The number of rotatable bonds is 6. The fourth-order valence-electron chi connectivity index (χ4n) is 3.17. The fourth-order valence-corrected chi connectivity index (χ4v) is 3.17. The molecule has 6 nitrogen and oxygen atoms in total. The largest absolute Gasteiger partial charge is 0.496 e. The van der Waals surface area contributed by atoms with Crippen molar-refractivity contribution < 1.29 is 19.1 Å². The first-order chi connectivity index (χ1) is 13.2. The molecule has 1 saturated heterocycles. The van der Waals surface area contributed by atoms with Gasteiger partial charge in [0.2, 0.25) is 0 Å². The van der Waals surface area contributed by atoms with Gasteiger partial charge in [-0.15, -0.1) is 0 Å². The average molecular weight is 368 g/mol. The van der Waals surface area contributed by atoms with Crippen molar-refractivity contribution in [1.29, 1.82) is 0 Å². The predicted octanol–water partition coefficient (Wildman–Crippen LogP) is 2.90. The highest BCUT2D eigenvalue weighted by Gasteiger charge is 2.23. The van der Waals surface area contributed by atoms with E-state index >= 15 is 0 Å². The van der Waals surface area contributed by atoms with Crippen molar-refractivity contribution in [2.24, 2.45) is 0 Å². The van der Waals surface area contributed by atoms with E-state index in [9.17, 15) is 9.59 Å². The van der Waals surface area contributed by atoms with E-state index in [0.717, 1.165) is 23.1 Å². The smallest absolute Gasteiger partial charge is 0.410 e. The van der Waals surface area contributed by atoms with E-state index in [-0.39, 0.29) is 12.7 Å². The van der Waals surface area contributed by atoms with Crippen LogP contribution in [0.15, 0.2) is 48.5 Å². The molecule has 6 heteroatoms. The first-order valence-corrected chi connectivity index (χ1v) is 9.02. The minimum absolute atomic E-state index is 0.283. The summed E-state index contributed by atoms with van der Waals surface area (Å²) in [5.41, 5.74) is 2.88. The second kappa shape index (κ2) is 9.07. The average Bonchev–Trinajstić information content (AvgIpc) is 2.73. The molecule has 1 aliphatic rings. The van der Waals surface area contributed by atoms with Gasteiger partial charge in [0.15, 0.2) is 0 Å². The maximum absolute atomic E-state index is 12.3. The zero-order chi connectivity index (χ0) is 19.1. The van der Waals surface area contributed by atoms with Gasteiger partial charge < -0.3 is 24.1 Å². The number of methoxy groups -OCH3 is 1. The Morgan fingerprint density at radius 3 is 2.48 bits per heavy atom. The van der Waals surface area contributed by atoms with E-state index in [4.69, 9.17) is 9.47 Å². The Hall–Kier alpha value is -3.02. The highest BCUT2D eigenvalue weighted by atomic mass is 16.6. The van der Waals surface area contributed by atoms with Crippen LogP contribution in [0.3, 0.4) is 0 Å². The molecule has 2 aromatic carbocycles. The molecule has 1 aliphatic heterocycles. The first-order valence-electron chi connectivity index (χ1n) is 9.02. The Kier molecular flexibility index (Phi) is 6.30. The lowest BCUT2D eigenvalue weighted by Gasteiger charge is -2.35. The molecule has 0 unspecified atom stereocenters. The van der Waals surface area contributed by atoms with Gasteiger partial charge in [-0.25, -0.2) is 4.79 Å². The van der Waals surface area contributed by atoms with Crippen LogP contribution in [-0.4, -0.2) is 50.6 Å². The SMILES string of the molecule is COc1ccc(N2CCN(C(=O)OCc3ccccc3)CC2)cc1CC=O. The summed E-state index contributed by atoms with van der Waals surface area (Å²) in [6.45, 7) is 2.92. The number of hydrogen-bond acceptors (Lipinski definition) is 5. The molecule has 0 N–H and O–H groups in total. The van der Waals surface area contributed by atoms with Gasteiger partial charge in [0.25, 0.3) is 0 Å². The fraction of sp³-hybridized carbons (Fsp3) is 0.333. The molecule has 0 saturated carbocycles. The van der Waals surface area contributed by atoms with Gasteiger partial charge in [0.05, 0.1) is 7.11 Å². The summed E-state index contributed by atoms with van der Waals surface area (Å²) in [4.78, 5) is 27.1. The maximum Gasteiger partial charge on any atom is 0.410 e. The first kappa shape index (κ1) is 18.8. The number of benzene rings is 2. The molecule has 0 radical (unpaired) electrons. The van der Waals surface area contributed by atoms with Crippen molar-refractivity contribution in [3.63, 3.8) is 0 Å². The Morgan fingerprint density at radius 2 is 1.81 bits per heavy atom. The van der Waals surface area contributed by atoms with Crippen molar-refractivity contribution in [3.8, 4) is 5.75 Å². The summed E-state index contributed by atoms with van der Waals surface area (Å²) in [5.74, 6) is 0.717. The quantitative estimate of drug-likeness (QED) is 0.734. The lowest BCUT2D eigenvalue weighted by Crippen LogP contribution is -2.49. The summed E-state index contributed by atoms with van der Waals surface area (Å²) in [5, 5.41) is 0. The van der Waals surface area contributed by atoms with Crippen molar-refractivity contribution in [3.05, 3.63) is 59.7 Å². The van der Waals surface area contributed by atoms with E-state index in [1.54, 1.807) is 12.0 Å². The van der Waals surface area contributed by atoms with Crippen LogP contribution in [0.1, 0.15) is 11.1 Å². The third-order valence-electron chi connectivity index (χ3n) is 4.68. The lowest BCUT2D eigenvalue weighted by molar-refractivity contribution is -0.107. The summed E-state index contributed by atoms with van der Waals surface area (Å²) in [7, 11) is 1.60. The van der Waals surface area contributed by atoms with E-state index < -0.39 is 0 Å². The number of carbonyl (C=O) groups excluding carboxylic acids is 2. The van der Waals surface area contributed by atoms with Crippen LogP contribution in [0.25, 0.3) is 0 Å². The van der Waals surface area contributed by atoms with Crippen LogP contribution in [0.2, 0.25) is 0 Å². The summed E-state index contributed by atoms with van der Waals surface area (Å²) in [6, 6.07) is 15.5. The molecule has 142 valence electrons. The molecule has 3 rings (SSSR count). The van der Waals surface area contributed by atoms with Crippen molar-refractivity contribution in [2.75, 3.05) is 38.2 Å². The zero-order valence-corrected chi connectivity index (χ0v) is 15.5. The predicted molar refractivity (Wildman–Crippen MR) is 103 cm³/mol. The van der Waals surface area contributed by atoms with Gasteiger partial charge >= 0.3 is 6.09 Å². The minimum atomic E-state index is -0.283. The zero-order valence-electron chi connectivity index (χ0n) is 15.5. The molecule has 0 bridgehead atoms. The monoisotopic (exact) mass is 368 g/mol. The van der Waals surface area contributed by atoms with Crippen LogP contribution in [0, 0.1) is 0 Å². The number of aldehydes is 1. The maximum atomic E-state index is 12.3. The minimum Gasteiger partial charge on any atom is -0.496 e. The van der Waals surface area contributed by atoms with Gasteiger partial charge in [0.1, 0.15) is 18.6 Å². The second-order valence-electron chi connectivity index (χ2n) is 6.38. The van der Waals surface area contributed by atoms with Crippen LogP contribution < -0.4 is 9.64 Å². The van der Waals surface area contributed by atoms with Crippen molar-refractivity contribution in [2.45, 2.75) is 13.0 Å².